The molecule has 9 atom stereocenters. The molecule has 1 aromatic heterocycles. The molecule has 1 aliphatic heterocycles. The van der Waals surface area contributed by atoms with E-state index in [1.165, 1.54) is 37.3 Å². The van der Waals surface area contributed by atoms with Gasteiger partial charge in [0.1, 0.15) is 18.1 Å². The number of amides is 2. The monoisotopic (exact) mass is 1020 g/mol. The summed E-state index contributed by atoms with van der Waals surface area (Å²) in [6, 6.07) is 25.7. The number of pyridine rings is 1. The predicted molar refractivity (Wildman–Crippen MR) is 279 cm³/mol. The van der Waals surface area contributed by atoms with Crippen molar-refractivity contribution in [1.29, 1.82) is 0 Å². The number of aliphatic hydroxyl groups is 1. The Bertz CT molecular complexity index is 2540. The van der Waals surface area contributed by atoms with Crippen LogP contribution in [0.5, 0.6) is 5.75 Å². The molecule has 3 N–H and O–H groups in total. The highest BCUT2D eigenvalue weighted by Gasteiger charge is 2.59. The minimum atomic E-state index is -4.34. The number of alkyl halides is 3. The van der Waals surface area contributed by atoms with Crippen LogP contribution in [0, 0.1) is 34.5 Å². The SMILES string of the molecule is CC(=O)[C@H]1CC[C@H]2[C@@H]3CC=C4C[C@@H](O)CC[C@]4(C)[C@H]3CC[C@]12C.CC(Cc1cccc(C(F)(F)F)c1)NCCOC(=O)c1ccccc1.CCc1ccc(CCOc2ccc(CC3SC(=O)NC3=O)cc2)nc1. The highest BCUT2D eigenvalue weighted by molar-refractivity contribution is 8.15. The third kappa shape index (κ3) is 14.3. The fourth-order valence-corrected chi connectivity index (χ4v) is 13.1. The summed E-state index contributed by atoms with van der Waals surface area (Å²) in [5, 5.41) is 14.9. The molecular weight excluding hydrogens is 952 g/mol. The fourth-order valence-electron chi connectivity index (χ4n) is 12.3. The maximum atomic E-state index is 12.7. The van der Waals surface area contributed by atoms with Crippen LogP contribution in [0.1, 0.15) is 124 Å². The van der Waals surface area contributed by atoms with E-state index >= 15 is 0 Å². The molecule has 4 fully saturated rings. The standard InChI is InChI=1S/C21H32O2.C19H20F3NO2.C19H20N2O3S/c1-13(22)17-6-7-18-16-5-4-14-12-15(23)8-10-20(14,2)19(16)9-11-21(17,18)3;1-14(12-15-6-5-9-17(13-15)19(20,21)22)23-10-11-25-18(24)16-7-3-2-4-8-16;1-2-13-3-6-15(20-12-13)9-10-24-16-7-4-14(5-8-16)11-17-18(22)21-19(23)25-17/h4,15-19,23H,5-12H2,1-3H3;2-9,13-14,23H,10-12H2,1H3;3-8,12,17H,2,9-11H2,1H3,(H,21,22,23)/t15-,16-,17+,18-,19-,20-,21+;;/m0../s1. The molecule has 5 aliphatic rings. The van der Waals surface area contributed by atoms with Crippen molar-refractivity contribution in [3.63, 3.8) is 0 Å². The van der Waals surface area contributed by atoms with Gasteiger partial charge in [0.25, 0.3) is 5.24 Å². The number of aryl methyl sites for hydroxylation is 1. The zero-order valence-corrected chi connectivity index (χ0v) is 43.7. The van der Waals surface area contributed by atoms with Gasteiger partial charge in [0.05, 0.1) is 29.1 Å². The molecule has 14 heteroatoms. The number of aliphatic hydroxyl groups excluding tert-OH is 1. The number of benzene rings is 3. The normalized spacial score (nSPS) is 26.5. The van der Waals surface area contributed by atoms with Gasteiger partial charge in [0.15, 0.2) is 0 Å². The second-order valence-corrected chi connectivity index (χ2v) is 22.2. The average molecular weight is 1020 g/mol. The van der Waals surface area contributed by atoms with Crippen molar-refractivity contribution in [1.82, 2.24) is 15.6 Å². The van der Waals surface area contributed by atoms with E-state index in [4.69, 9.17) is 9.47 Å². The minimum absolute atomic E-state index is 0.0427. The molecule has 1 saturated heterocycles. The number of fused-ring (bicyclic) bond motifs is 5. The van der Waals surface area contributed by atoms with Crippen LogP contribution in [0.15, 0.2) is 109 Å². The third-order valence-corrected chi connectivity index (χ3v) is 17.2. The first kappa shape index (κ1) is 55.4. The number of ether oxygens (including phenoxy) is 2. The highest BCUT2D eigenvalue weighted by atomic mass is 32.2. The lowest BCUT2D eigenvalue weighted by molar-refractivity contribution is -0.137. The first-order chi connectivity index (χ1) is 34.9. The van der Waals surface area contributed by atoms with E-state index in [1.54, 1.807) is 35.9 Å². The van der Waals surface area contributed by atoms with Crippen molar-refractivity contribution in [3.05, 3.63) is 142 Å². The van der Waals surface area contributed by atoms with Crippen LogP contribution in [0.4, 0.5) is 18.0 Å². The number of thioether (sulfide) groups is 1. The molecule has 73 heavy (non-hydrogen) atoms. The van der Waals surface area contributed by atoms with E-state index in [0.29, 0.717) is 54.2 Å². The van der Waals surface area contributed by atoms with E-state index in [0.717, 1.165) is 97.2 Å². The number of aromatic nitrogens is 1. The zero-order valence-electron chi connectivity index (χ0n) is 42.8. The van der Waals surface area contributed by atoms with Crippen LogP contribution in [0.25, 0.3) is 0 Å². The van der Waals surface area contributed by atoms with E-state index in [2.05, 4.69) is 48.5 Å². The van der Waals surface area contributed by atoms with Crippen molar-refractivity contribution in [2.24, 2.45) is 34.5 Å². The fraction of sp³-hybridized carbons (Fsp3) is 0.508. The second-order valence-electron chi connectivity index (χ2n) is 21.0. The molecule has 10 nitrogen and oxygen atoms in total. The van der Waals surface area contributed by atoms with Crippen LogP contribution in [-0.2, 0) is 46.2 Å². The minimum Gasteiger partial charge on any atom is -0.493 e. The van der Waals surface area contributed by atoms with E-state index < -0.39 is 17.7 Å². The van der Waals surface area contributed by atoms with Gasteiger partial charge in [0.2, 0.25) is 5.91 Å². The lowest BCUT2D eigenvalue weighted by Crippen LogP contribution is -2.50. The number of hydrogen-bond donors (Lipinski definition) is 3. The number of carbonyl (C=O) groups is 4. The lowest BCUT2D eigenvalue weighted by Gasteiger charge is -2.57. The number of esters is 1. The van der Waals surface area contributed by atoms with Crippen molar-refractivity contribution in [2.75, 3.05) is 19.8 Å². The molecular formula is C59H72F3N3O7S. The van der Waals surface area contributed by atoms with Crippen LogP contribution in [0.2, 0.25) is 0 Å². The van der Waals surface area contributed by atoms with Gasteiger partial charge in [-0.25, -0.2) is 4.79 Å². The van der Waals surface area contributed by atoms with Crippen LogP contribution in [-0.4, -0.2) is 70.1 Å². The van der Waals surface area contributed by atoms with Gasteiger partial charge in [0, 0.05) is 36.8 Å². The summed E-state index contributed by atoms with van der Waals surface area (Å²) in [7, 11) is 0. The number of hydrogen-bond acceptors (Lipinski definition) is 10. The Morgan fingerprint density at radius 1 is 0.904 bits per heavy atom. The van der Waals surface area contributed by atoms with E-state index in [1.807, 2.05) is 56.4 Å². The molecule has 4 aromatic rings. The van der Waals surface area contributed by atoms with Crippen molar-refractivity contribution < 1.29 is 46.9 Å². The summed E-state index contributed by atoms with van der Waals surface area (Å²) in [5.74, 6) is 3.18. The number of rotatable bonds is 15. The Hall–Kier alpha value is -5.31. The van der Waals surface area contributed by atoms with Crippen LogP contribution >= 0.6 is 11.8 Å². The number of carbonyl (C=O) groups excluding carboxylic acids is 4. The molecule has 0 spiro atoms. The first-order valence-corrected chi connectivity index (χ1v) is 26.9. The third-order valence-electron chi connectivity index (χ3n) is 16.2. The molecule has 0 bridgehead atoms. The zero-order chi connectivity index (χ0) is 52.3. The summed E-state index contributed by atoms with van der Waals surface area (Å²) in [4.78, 5) is 51.1. The summed E-state index contributed by atoms with van der Waals surface area (Å²) in [6.45, 7) is 11.9. The number of allylic oxidation sites excluding steroid dienone is 1. The average Bonchev–Trinajstić information content (AvgIpc) is 3.90. The quantitative estimate of drug-likeness (QED) is 0.0598. The molecule has 3 aromatic carbocycles. The molecule has 2 unspecified atom stereocenters. The summed E-state index contributed by atoms with van der Waals surface area (Å²) >= 11 is 1.05. The van der Waals surface area contributed by atoms with Gasteiger partial charge in [-0.3, -0.25) is 24.7 Å². The van der Waals surface area contributed by atoms with Gasteiger partial charge in [-0.05, 0) is 166 Å². The Morgan fingerprint density at radius 2 is 1.66 bits per heavy atom. The molecule has 392 valence electrons. The molecule has 2 amide bonds. The van der Waals surface area contributed by atoms with Gasteiger partial charge in [-0.15, -0.1) is 0 Å². The van der Waals surface area contributed by atoms with Crippen LogP contribution < -0.4 is 15.4 Å². The maximum absolute atomic E-state index is 12.7. The lowest BCUT2D eigenvalue weighted by atomic mass is 9.47. The number of nitrogens with one attached hydrogen (secondary N) is 2. The van der Waals surface area contributed by atoms with Crippen molar-refractivity contribution in [3.8, 4) is 5.75 Å². The number of ketones is 1. The van der Waals surface area contributed by atoms with Crippen molar-refractivity contribution in [2.45, 2.75) is 135 Å². The Kier molecular flexibility index (Phi) is 18.8. The Balaban J connectivity index is 0.000000160. The van der Waals surface area contributed by atoms with Gasteiger partial charge in [-0.1, -0.05) is 98.8 Å². The van der Waals surface area contributed by atoms with Crippen molar-refractivity contribution >= 4 is 34.7 Å². The number of nitrogens with zero attached hydrogens (tertiary/aromatic N) is 1. The summed E-state index contributed by atoms with van der Waals surface area (Å²) < 4.78 is 49.0. The topological polar surface area (TPSA) is 144 Å². The first-order valence-electron chi connectivity index (χ1n) is 26.0. The van der Waals surface area contributed by atoms with E-state index in [9.17, 15) is 37.5 Å². The largest absolute Gasteiger partial charge is 0.493 e. The summed E-state index contributed by atoms with van der Waals surface area (Å²) in [5.41, 5.74) is 5.82. The Labute approximate surface area is 433 Å². The molecule has 3 saturated carbocycles. The number of imide groups is 1. The maximum Gasteiger partial charge on any atom is 0.416 e. The smallest absolute Gasteiger partial charge is 0.416 e. The Morgan fingerprint density at radius 3 is 2.33 bits per heavy atom. The van der Waals surface area contributed by atoms with Gasteiger partial charge >= 0.3 is 12.1 Å². The number of halogens is 3. The molecule has 9 rings (SSSR count). The van der Waals surface area contributed by atoms with E-state index in [-0.39, 0.29) is 40.6 Å². The van der Waals surface area contributed by atoms with Gasteiger partial charge in [-0.2, -0.15) is 13.2 Å². The van der Waals surface area contributed by atoms with Gasteiger partial charge < -0.3 is 19.9 Å². The van der Waals surface area contributed by atoms with Crippen LogP contribution in [0.3, 0.4) is 0 Å². The highest BCUT2D eigenvalue weighted by Crippen LogP contribution is 2.66. The molecule has 0 radical (unpaired) electrons. The predicted octanol–water partition coefficient (Wildman–Crippen LogP) is 11.8. The molecule has 4 aliphatic carbocycles. The number of Topliss-reactive ketones (excluding diaryl/α,β-unsaturated/α-hetero) is 1. The second kappa shape index (κ2) is 24.8. The molecule has 2 heterocycles. The summed E-state index contributed by atoms with van der Waals surface area (Å²) in [6.07, 6.45) is 11.8.